The molecule has 0 aliphatic carbocycles. The smallest absolute Gasteiger partial charge is 0.255 e. The summed E-state index contributed by atoms with van der Waals surface area (Å²) in [6.45, 7) is 4.62. The zero-order chi connectivity index (χ0) is 24.1. The molecule has 12 heteroatoms. The molecule has 4 N–H and O–H groups in total. The third-order valence-corrected chi connectivity index (χ3v) is 6.69. The number of nitrogens with one attached hydrogen (secondary N) is 2. The van der Waals surface area contributed by atoms with Crippen LogP contribution in [0.15, 0.2) is 24.5 Å². The molecule has 1 amide bonds. The minimum Gasteiger partial charge on any atom is -0.496 e. The number of anilines is 1. The fourth-order valence-electron chi connectivity index (χ4n) is 4.53. The number of piperidine rings is 1. The van der Waals surface area contributed by atoms with Gasteiger partial charge in [0.1, 0.15) is 5.75 Å². The van der Waals surface area contributed by atoms with Gasteiger partial charge in [0.05, 0.1) is 54.4 Å². The van der Waals surface area contributed by atoms with Crippen LogP contribution in [-0.4, -0.2) is 90.8 Å². The second kappa shape index (κ2) is 11.1. The number of methoxy groups -OCH3 is 1. The Bertz CT molecular complexity index is 1000. The molecule has 2 aliphatic rings. The molecule has 184 valence electrons. The van der Waals surface area contributed by atoms with Crippen molar-refractivity contribution in [2.45, 2.75) is 12.5 Å². The Morgan fingerprint density at radius 1 is 1.41 bits per heavy atom. The van der Waals surface area contributed by atoms with Crippen LogP contribution in [0.2, 0.25) is 5.02 Å². The van der Waals surface area contributed by atoms with Crippen LogP contribution in [0.5, 0.6) is 5.75 Å². The van der Waals surface area contributed by atoms with E-state index in [4.69, 9.17) is 26.8 Å². The van der Waals surface area contributed by atoms with Gasteiger partial charge in [0, 0.05) is 38.8 Å². The molecule has 0 bridgehead atoms. The molecule has 3 atom stereocenters. The minimum atomic E-state index is -0.309. The molecule has 1 aromatic heterocycles. The van der Waals surface area contributed by atoms with E-state index in [1.165, 1.54) is 30.1 Å². The topological polar surface area (TPSA) is 137 Å². The van der Waals surface area contributed by atoms with Gasteiger partial charge in [-0.05, 0) is 24.9 Å². The van der Waals surface area contributed by atoms with E-state index in [9.17, 15) is 9.59 Å². The van der Waals surface area contributed by atoms with Gasteiger partial charge in [0.2, 0.25) is 0 Å². The van der Waals surface area contributed by atoms with Crippen LogP contribution in [0.4, 0.5) is 5.69 Å². The van der Waals surface area contributed by atoms with Crippen LogP contribution in [0.25, 0.3) is 0 Å². The average molecular weight is 492 g/mol. The Morgan fingerprint density at radius 2 is 2.26 bits per heavy atom. The van der Waals surface area contributed by atoms with Gasteiger partial charge in [-0.3, -0.25) is 14.5 Å². The number of halogens is 1. The summed E-state index contributed by atoms with van der Waals surface area (Å²) >= 11 is 6.08. The molecule has 0 spiro atoms. The highest BCUT2D eigenvalue weighted by Gasteiger charge is 2.34. The number of carbonyl (C=O) groups excluding carboxylic acids is 2. The molecular formula is C22H30ClN7O4. The summed E-state index contributed by atoms with van der Waals surface area (Å²) in [6, 6.07) is 3.04. The molecule has 2 fully saturated rings. The Labute approximate surface area is 202 Å². The number of amides is 1. The van der Waals surface area contributed by atoms with Gasteiger partial charge >= 0.3 is 0 Å². The van der Waals surface area contributed by atoms with Crippen LogP contribution in [0.1, 0.15) is 21.6 Å². The Morgan fingerprint density at radius 3 is 3.03 bits per heavy atom. The van der Waals surface area contributed by atoms with Crippen molar-refractivity contribution in [3.63, 3.8) is 0 Å². The number of aromatic nitrogens is 3. The van der Waals surface area contributed by atoms with E-state index in [0.717, 1.165) is 26.1 Å². The number of nitrogens with zero attached hydrogens (tertiary/aromatic N) is 4. The predicted octanol–water partition coefficient (Wildman–Crippen LogP) is 0.519. The summed E-state index contributed by atoms with van der Waals surface area (Å²) in [5, 5.41) is 14.1. The SMILES string of the molecule is COc1cc(N)c(Cl)cc1C(=O)NCC1CN(CC2CCNCC2C(=O)n2ccnn2)CCO1. The van der Waals surface area contributed by atoms with E-state index >= 15 is 0 Å². The molecule has 0 radical (unpaired) electrons. The second-order valence-electron chi connectivity index (χ2n) is 8.58. The average Bonchev–Trinajstić information content (AvgIpc) is 3.39. The summed E-state index contributed by atoms with van der Waals surface area (Å²) in [5.41, 5.74) is 6.47. The predicted molar refractivity (Wildman–Crippen MR) is 126 cm³/mol. The summed E-state index contributed by atoms with van der Waals surface area (Å²) in [5.74, 6) is 0.0467. The first-order chi connectivity index (χ1) is 16.5. The number of ether oxygens (including phenoxy) is 2. The van der Waals surface area contributed by atoms with Gasteiger partial charge in [-0.2, -0.15) is 4.68 Å². The fraction of sp³-hybridized carbons (Fsp3) is 0.545. The second-order valence-corrected chi connectivity index (χ2v) is 8.99. The van der Waals surface area contributed by atoms with Crippen molar-refractivity contribution < 1.29 is 19.1 Å². The van der Waals surface area contributed by atoms with Crippen molar-refractivity contribution in [3.05, 3.63) is 35.1 Å². The molecule has 3 heterocycles. The molecule has 0 saturated carbocycles. The van der Waals surface area contributed by atoms with Gasteiger partial charge in [-0.1, -0.05) is 16.8 Å². The van der Waals surface area contributed by atoms with E-state index < -0.39 is 0 Å². The summed E-state index contributed by atoms with van der Waals surface area (Å²) in [4.78, 5) is 27.9. The Kier molecular flexibility index (Phi) is 7.99. The van der Waals surface area contributed by atoms with Gasteiger partial charge in [-0.25, -0.2) is 0 Å². The standard InChI is InChI=1S/C22H30ClN7O4/c1-33-20-9-19(24)18(23)8-16(20)21(31)26-10-15-13-29(6-7-34-15)12-14-2-3-25-11-17(14)22(32)30-5-4-27-28-30/h4-5,8-9,14-15,17,25H,2-3,6-7,10-13,24H2,1H3,(H,26,31). The van der Waals surface area contributed by atoms with Crippen LogP contribution < -0.4 is 21.1 Å². The number of morpholine rings is 1. The zero-order valence-corrected chi connectivity index (χ0v) is 19.8. The molecule has 4 rings (SSSR count). The molecule has 3 unspecified atom stereocenters. The number of nitrogens with two attached hydrogens (primary N) is 1. The first-order valence-corrected chi connectivity index (χ1v) is 11.7. The summed E-state index contributed by atoms with van der Waals surface area (Å²) in [6.07, 6.45) is 3.84. The van der Waals surface area contributed by atoms with E-state index in [1.54, 1.807) is 6.20 Å². The van der Waals surface area contributed by atoms with Crippen LogP contribution in [-0.2, 0) is 4.74 Å². The highest BCUT2D eigenvalue weighted by molar-refractivity contribution is 6.33. The van der Waals surface area contributed by atoms with E-state index in [2.05, 4.69) is 25.8 Å². The third kappa shape index (κ3) is 5.66. The highest BCUT2D eigenvalue weighted by atomic mass is 35.5. The first kappa shape index (κ1) is 24.4. The lowest BCUT2D eigenvalue weighted by Crippen LogP contribution is -2.52. The number of carbonyl (C=O) groups is 2. The van der Waals surface area contributed by atoms with Crippen molar-refractivity contribution >= 4 is 29.1 Å². The molecule has 2 aliphatic heterocycles. The summed E-state index contributed by atoms with van der Waals surface area (Å²) < 4.78 is 12.5. The number of nitrogen functional groups attached to an aromatic ring is 1. The molecule has 1 aromatic carbocycles. The van der Waals surface area contributed by atoms with Crippen molar-refractivity contribution in [2.24, 2.45) is 11.8 Å². The first-order valence-electron chi connectivity index (χ1n) is 11.3. The summed E-state index contributed by atoms with van der Waals surface area (Å²) in [7, 11) is 1.48. The lowest BCUT2D eigenvalue weighted by molar-refractivity contribution is -0.0344. The van der Waals surface area contributed by atoms with Crippen LogP contribution in [0.3, 0.4) is 0 Å². The molecule has 34 heavy (non-hydrogen) atoms. The maximum absolute atomic E-state index is 12.9. The lowest BCUT2D eigenvalue weighted by atomic mass is 9.85. The van der Waals surface area contributed by atoms with Crippen molar-refractivity contribution in [2.75, 3.05) is 58.7 Å². The van der Waals surface area contributed by atoms with E-state index in [1.807, 2.05) is 0 Å². The monoisotopic (exact) mass is 491 g/mol. The van der Waals surface area contributed by atoms with Gasteiger partial charge in [0.25, 0.3) is 11.8 Å². The number of hydrogen-bond donors (Lipinski definition) is 3. The van der Waals surface area contributed by atoms with Gasteiger partial charge < -0.3 is 25.8 Å². The molecule has 11 nitrogen and oxygen atoms in total. The highest BCUT2D eigenvalue weighted by Crippen LogP contribution is 2.29. The number of rotatable bonds is 7. The maximum atomic E-state index is 12.9. The Balaban J connectivity index is 1.33. The molecule has 2 saturated heterocycles. The quantitative estimate of drug-likeness (QED) is 0.473. The number of hydrogen-bond acceptors (Lipinski definition) is 9. The normalized spacial score (nSPS) is 23.4. The number of benzene rings is 1. The van der Waals surface area contributed by atoms with Crippen LogP contribution in [0, 0.1) is 11.8 Å². The minimum absolute atomic E-state index is 0.0390. The Hall–Kier alpha value is -2.73. The van der Waals surface area contributed by atoms with Crippen LogP contribution >= 0.6 is 11.6 Å². The lowest BCUT2D eigenvalue weighted by Gasteiger charge is -2.38. The van der Waals surface area contributed by atoms with Crippen molar-refractivity contribution in [3.8, 4) is 5.75 Å². The largest absolute Gasteiger partial charge is 0.496 e. The van der Waals surface area contributed by atoms with E-state index in [0.29, 0.717) is 48.3 Å². The van der Waals surface area contributed by atoms with Gasteiger partial charge in [0.15, 0.2) is 0 Å². The maximum Gasteiger partial charge on any atom is 0.255 e. The molecular weight excluding hydrogens is 462 g/mol. The molecule has 2 aromatic rings. The zero-order valence-electron chi connectivity index (χ0n) is 19.1. The van der Waals surface area contributed by atoms with Crippen molar-refractivity contribution in [1.29, 1.82) is 0 Å². The van der Waals surface area contributed by atoms with Crippen molar-refractivity contribution in [1.82, 2.24) is 30.5 Å². The third-order valence-electron chi connectivity index (χ3n) is 6.36. The van der Waals surface area contributed by atoms with E-state index in [-0.39, 0.29) is 29.8 Å². The fourth-order valence-corrected chi connectivity index (χ4v) is 4.70. The van der Waals surface area contributed by atoms with Gasteiger partial charge in [-0.15, -0.1) is 5.10 Å².